The number of halogens is 3. The summed E-state index contributed by atoms with van der Waals surface area (Å²) in [6.07, 6.45) is -5.92. The number of alkyl halides is 3. The molecule has 0 radical (unpaired) electrons. The summed E-state index contributed by atoms with van der Waals surface area (Å²) in [6, 6.07) is 0. The first kappa shape index (κ1) is 11.9. The van der Waals surface area contributed by atoms with E-state index in [1.54, 1.807) is 6.92 Å². The molecule has 1 atom stereocenters. The van der Waals surface area contributed by atoms with Crippen LogP contribution in [0.3, 0.4) is 0 Å². The number of esters is 1. The molecule has 6 heteroatoms. The van der Waals surface area contributed by atoms with Crippen LogP contribution < -0.4 is 0 Å². The monoisotopic (exact) mass is 198 g/mol. The summed E-state index contributed by atoms with van der Waals surface area (Å²) in [4.78, 5) is 20.7. The molecule has 0 aromatic rings. The molecule has 0 aromatic heterocycles. The molecule has 0 aliphatic rings. The third-order valence-corrected chi connectivity index (χ3v) is 1.12. The summed E-state index contributed by atoms with van der Waals surface area (Å²) in [5.41, 5.74) is 0. The maximum atomic E-state index is 12.5. The van der Waals surface area contributed by atoms with Crippen molar-refractivity contribution >= 4 is 11.8 Å². The quantitative estimate of drug-likeness (QED) is 0.491. The van der Waals surface area contributed by atoms with E-state index in [0.717, 1.165) is 0 Å². The number of ether oxygens (including phenoxy) is 1. The zero-order valence-electron chi connectivity index (χ0n) is 6.93. The van der Waals surface area contributed by atoms with Crippen LogP contribution in [0.25, 0.3) is 0 Å². The molecule has 76 valence electrons. The molecule has 3 nitrogen and oxygen atoms in total. The zero-order valence-corrected chi connectivity index (χ0v) is 6.93. The van der Waals surface area contributed by atoms with Crippen molar-refractivity contribution in [2.24, 2.45) is 0 Å². The first-order valence-electron chi connectivity index (χ1n) is 3.63. The Kier molecular flexibility index (Phi) is 5.10. The Balaban J connectivity index is 4.02. The average molecular weight is 198 g/mol. The van der Waals surface area contributed by atoms with Gasteiger partial charge < -0.3 is 4.74 Å². The van der Waals surface area contributed by atoms with Gasteiger partial charge in [-0.2, -0.15) is 0 Å². The van der Waals surface area contributed by atoms with Gasteiger partial charge in [0.1, 0.15) is 0 Å². The summed E-state index contributed by atoms with van der Waals surface area (Å²) in [5, 5.41) is 0. The molecule has 0 spiro atoms. The summed E-state index contributed by atoms with van der Waals surface area (Å²) < 4.78 is 39.7. The van der Waals surface area contributed by atoms with Crippen LogP contribution in [0, 0.1) is 0 Å². The molecule has 0 saturated heterocycles. The van der Waals surface area contributed by atoms with E-state index in [0.29, 0.717) is 6.42 Å². The Hall–Kier alpha value is -1.07. The Morgan fingerprint density at radius 3 is 2.23 bits per heavy atom. The fourth-order valence-corrected chi connectivity index (χ4v) is 0.503. The molecule has 0 aliphatic carbocycles. The summed E-state index contributed by atoms with van der Waals surface area (Å²) >= 11 is 0. The van der Waals surface area contributed by atoms with E-state index in [1.165, 1.54) is 0 Å². The van der Waals surface area contributed by atoms with Gasteiger partial charge in [-0.25, -0.2) is 18.0 Å². The topological polar surface area (TPSA) is 43.4 Å². The molecule has 0 amide bonds. The Labute approximate surface area is 72.9 Å². The second-order valence-corrected chi connectivity index (χ2v) is 2.23. The minimum atomic E-state index is -3.48. The number of carbonyl (C=O) groups excluding carboxylic acids is 2. The number of hydrogen-bond donors (Lipinski definition) is 0. The van der Waals surface area contributed by atoms with Crippen LogP contribution in [0.2, 0.25) is 0 Å². The van der Waals surface area contributed by atoms with Crippen LogP contribution >= 0.6 is 0 Å². The highest BCUT2D eigenvalue weighted by atomic mass is 19.3. The number of hydrogen-bond acceptors (Lipinski definition) is 3. The third-order valence-electron chi connectivity index (χ3n) is 1.12. The van der Waals surface area contributed by atoms with Crippen molar-refractivity contribution in [1.29, 1.82) is 0 Å². The van der Waals surface area contributed by atoms with Crippen LogP contribution in [0.5, 0.6) is 0 Å². The van der Waals surface area contributed by atoms with E-state index in [-0.39, 0.29) is 6.61 Å². The van der Waals surface area contributed by atoms with Crippen LogP contribution in [0.15, 0.2) is 0 Å². The third kappa shape index (κ3) is 3.91. The van der Waals surface area contributed by atoms with Crippen molar-refractivity contribution in [2.75, 3.05) is 6.61 Å². The Morgan fingerprint density at radius 2 is 1.85 bits per heavy atom. The number of rotatable bonds is 5. The van der Waals surface area contributed by atoms with Crippen molar-refractivity contribution in [3.8, 4) is 0 Å². The van der Waals surface area contributed by atoms with Crippen molar-refractivity contribution < 1.29 is 27.5 Å². The first-order valence-corrected chi connectivity index (χ1v) is 3.63. The van der Waals surface area contributed by atoms with Gasteiger partial charge in [0.25, 0.3) is 12.6 Å². The highest BCUT2D eigenvalue weighted by Crippen LogP contribution is 2.05. The lowest BCUT2D eigenvalue weighted by Crippen LogP contribution is -2.32. The molecule has 0 rings (SSSR count). The number of carbonyl (C=O) groups is 2. The van der Waals surface area contributed by atoms with E-state index in [4.69, 9.17) is 0 Å². The molecule has 0 bridgehead atoms. The predicted molar refractivity (Wildman–Crippen MR) is 37.2 cm³/mol. The van der Waals surface area contributed by atoms with Gasteiger partial charge in [-0.15, -0.1) is 0 Å². The second-order valence-electron chi connectivity index (χ2n) is 2.23. The lowest BCUT2D eigenvalue weighted by Gasteiger charge is -2.05. The zero-order chi connectivity index (χ0) is 10.4. The Morgan fingerprint density at radius 1 is 1.31 bits per heavy atom. The molecule has 0 heterocycles. The largest absolute Gasteiger partial charge is 0.463 e. The van der Waals surface area contributed by atoms with Gasteiger partial charge in [-0.1, -0.05) is 6.92 Å². The van der Waals surface area contributed by atoms with Gasteiger partial charge in [-0.3, -0.25) is 4.79 Å². The average Bonchev–Trinajstić information content (AvgIpc) is 2.11. The molecule has 0 aliphatic heterocycles. The minimum Gasteiger partial charge on any atom is -0.463 e. The highest BCUT2D eigenvalue weighted by Gasteiger charge is 2.33. The molecular formula is C7H9F3O3. The summed E-state index contributed by atoms with van der Waals surface area (Å²) in [6.45, 7) is 1.56. The van der Waals surface area contributed by atoms with E-state index >= 15 is 0 Å². The number of Topliss-reactive ketones (excluding diaryl/α,β-unsaturated/α-hetero) is 1. The standard InChI is InChI=1S/C7H9F3O3/c1-2-3-13-7(12)4(8)5(11)6(9)10/h4,6H,2-3H2,1H3. The molecule has 1 unspecified atom stereocenters. The normalized spacial score (nSPS) is 12.7. The van der Waals surface area contributed by atoms with Gasteiger partial charge in [0.2, 0.25) is 5.78 Å². The molecule has 13 heavy (non-hydrogen) atoms. The fraction of sp³-hybridized carbons (Fsp3) is 0.714. The van der Waals surface area contributed by atoms with Gasteiger partial charge in [0.15, 0.2) is 0 Å². The van der Waals surface area contributed by atoms with Crippen LogP contribution in [-0.4, -0.2) is 31.0 Å². The summed E-state index contributed by atoms with van der Waals surface area (Å²) in [7, 11) is 0. The van der Waals surface area contributed by atoms with Crippen LogP contribution in [0.1, 0.15) is 13.3 Å². The Bertz CT molecular complexity index is 193. The smallest absolute Gasteiger partial charge is 0.348 e. The van der Waals surface area contributed by atoms with Gasteiger partial charge in [0, 0.05) is 0 Å². The van der Waals surface area contributed by atoms with Crippen molar-refractivity contribution in [2.45, 2.75) is 25.9 Å². The van der Waals surface area contributed by atoms with Gasteiger partial charge >= 0.3 is 5.97 Å². The summed E-state index contributed by atoms with van der Waals surface area (Å²) in [5.74, 6) is -3.60. The maximum absolute atomic E-state index is 12.5. The van der Waals surface area contributed by atoms with E-state index in [1.807, 2.05) is 0 Å². The predicted octanol–water partition coefficient (Wildman–Crippen LogP) is 1.11. The molecular weight excluding hydrogens is 189 g/mol. The first-order chi connectivity index (χ1) is 6.00. The lowest BCUT2D eigenvalue weighted by atomic mass is 10.2. The SMILES string of the molecule is CCCOC(=O)C(F)C(=O)C(F)F. The molecule has 0 fully saturated rings. The van der Waals surface area contributed by atoms with Crippen molar-refractivity contribution in [3.63, 3.8) is 0 Å². The van der Waals surface area contributed by atoms with Crippen LogP contribution in [0.4, 0.5) is 13.2 Å². The van der Waals surface area contributed by atoms with Crippen molar-refractivity contribution in [3.05, 3.63) is 0 Å². The second kappa shape index (κ2) is 5.55. The maximum Gasteiger partial charge on any atom is 0.348 e. The van der Waals surface area contributed by atoms with E-state index in [9.17, 15) is 22.8 Å². The number of ketones is 1. The van der Waals surface area contributed by atoms with Gasteiger partial charge in [0.05, 0.1) is 6.61 Å². The lowest BCUT2D eigenvalue weighted by molar-refractivity contribution is -0.156. The van der Waals surface area contributed by atoms with Crippen molar-refractivity contribution in [1.82, 2.24) is 0 Å². The molecule has 0 saturated carbocycles. The molecule has 0 N–H and O–H groups in total. The highest BCUT2D eigenvalue weighted by molar-refractivity contribution is 6.03. The van der Waals surface area contributed by atoms with Crippen LogP contribution in [-0.2, 0) is 14.3 Å². The fourth-order valence-electron chi connectivity index (χ4n) is 0.503. The van der Waals surface area contributed by atoms with Gasteiger partial charge in [-0.05, 0) is 6.42 Å². The minimum absolute atomic E-state index is 0.0875. The van der Waals surface area contributed by atoms with E-state index < -0.39 is 24.3 Å². The van der Waals surface area contributed by atoms with E-state index in [2.05, 4.69) is 4.74 Å². The molecule has 0 aromatic carbocycles.